The molecular formula is C18H13FN4OS. The number of aryl methyl sites for hydroxylation is 1. The second-order valence-electron chi connectivity index (χ2n) is 5.52. The highest BCUT2D eigenvalue weighted by molar-refractivity contribution is 7.99. The minimum absolute atomic E-state index is 0.0926. The van der Waals surface area contributed by atoms with Crippen molar-refractivity contribution in [2.24, 2.45) is 0 Å². The lowest BCUT2D eigenvalue weighted by molar-refractivity contribution is 0.102. The molecule has 0 atom stereocenters. The van der Waals surface area contributed by atoms with Gasteiger partial charge in [-0.05, 0) is 43.3 Å². The van der Waals surface area contributed by atoms with Crippen molar-refractivity contribution in [3.05, 3.63) is 65.7 Å². The molecule has 124 valence electrons. The lowest BCUT2D eigenvalue weighted by Gasteiger charge is -2.06. The Bertz CT molecular complexity index is 1090. The number of hydrogen-bond acceptors (Lipinski definition) is 5. The van der Waals surface area contributed by atoms with Crippen molar-refractivity contribution >= 4 is 34.1 Å². The van der Waals surface area contributed by atoms with Crippen LogP contribution in [0.2, 0.25) is 0 Å². The van der Waals surface area contributed by atoms with Crippen molar-refractivity contribution in [1.82, 2.24) is 19.6 Å². The van der Waals surface area contributed by atoms with Gasteiger partial charge in [-0.3, -0.25) is 4.79 Å². The Hall–Kier alpha value is -2.80. The van der Waals surface area contributed by atoms with Gasteiger partial charge in [0.15, 0.2) is 16.6 Å². The van der Waals surface area contributed by atoms with Crippen LogP contribution in [-0.4, -0.2) is 31.1 Å². The summed E-state index contributed by atoms with van der Waals surface area (Å²) in [4.78, 5) is 21.4. The van der Waals surface area contributed by atoms with Crippen molar-refractivity contribution in [1.29, 1.82) is 0 Å². The van der Waals surface area contributed by atoms with Gasteiger partial charge in [-0.2, -0.15) is 4.52 Å². The van der Waals surface area contributed by atoms with Crippen LogP contribution in [0.3, 0.4) is 0 Å². The second kappa shape index (κ2) is 6.25. The summed E-state index contributed by atoms with van der Waals surface area (Å²) >= 11 is 1.29. The first-order valence-corrected chi connectivity index (χ1v) is 8.64. The molecule has 0 aliphatic rings. The maximum atomic E-state index is 13.0. The zero-order valence-corrected chi connectivity index (χ0v) is 14.1. The fourth-order valence-corrected chi connectivity index (χ4v) is 3.42. The SMILES string of the molecule is Cc1nc2c3ccccc3nc(SCC(=O)c3ccc(F)cc3)n2n1. The molecule has 4 aromatic rings. The maximum Gasteiger partial charge on any atom is 0.192 e. The van der Waals surface area contributed by atoms with E-state index >= 15 is 0 Å². The zero-order valence-electron chi connectivity index (χ0n) is 13.3. The number of aromatic nitrogens is 4. The Morgan fingerprint density at radius 3 is 2.68 bits per heavy atom. The molecule has 2 aromatic carbocycles. The number of Topliss-reactive ketones (excluding diaryl/α,β-unsaturated/α-hetero) is 1. The van der Waals surface area contributed by atoms with Crippen LogP contribution < -0.4 is 0 Å². The first-order valence-electron chi connectivity index (χ1n) is 7.65. The average molecular weight is 352 g/mol. The van der Waals surface area contributed by atoms with Crippen LogP contribution in [0, 0.1) is 12.7 Å². The third-order valence-electron chi connectivity index (χ3n) is 3.75. The van der Waals surface area contributed by atoms with Crippen LogP contribution in [0.4, 0.5) is 4.39 Å². The minimum Gasteiger partial charge on any atom is -0.293 e. The highest BCUT2D eigenvalue weighted by atomic mass is 32.2. The molecule has 0 aliphatic carbocycles. The van der Waals surface area contributed by atoms with Crippen LogP contribution in [0.15, 0.2) is 53.7 Å². The Labute approximate surface area is 146 Å². The summed E-state index contributed by atoms with van der Waals surface area (Å²) in [5.41, 5.74) is 2.00. The summed E-state index contributed by atoms with van der Waals surface area (Å²) in [5.74, 6) is 0.375. The van der Waals surface area contributed by atoms with Gasteiger partial charge in [0.1, 0.15) is 11.6 Å². The van der Waals surface area contributed by atoms with Crippen LogP contribution >= 0.6 is 11.8 Å². The van der Waals surface area contributed by atoms with Gasteiger partial charge in [-0.1, -0.05) is 23.9 Å². The third kappa shape index (κ3) is 2.98. The molecule has 0 saturated carbocycles. The molecule has 0 unspecified atom stereocenters. The first kappa shape index (κ1) is 15.7. The molecule has 5 nitrogen and oxygen atoms in total. The number of ketones is 1. The smallest absolute Gasteiger partial charge is 0.192 e. The van der Waals surface area contributed by atoms with E-state index in [1.54, 1.807) is 4.52 Å². The first-order chi connectivity index (χ1) is 12.1. The Balaban J connectivity index is 1.68. The molecular weight excluding hydrogens is 339 g/mol. The highest BCUT2D eigenvalue weighted by Crippen LogP contribution is 2.24. The van der Waals surface area contributed by atoms with Crippen molar-refractivity contribution in [3.63, 3.8) is 0 Å². The molecule has 0 radical (unpaired) electrons. The molecule has 0 aliphatic heterocycles. The van der Waals surface area contributed by atoms with Gasteiger partial charge in [-0.15, -0.1) is 5.10 Å². The summed E-state index contributed by atoms with van der Waals surface area (Å²) in [6.45, 7) is 1.82. The zero-order chi connectivity index (χ0) is 17.4. The Kier molecular flexibility index (Phi) is 3.93. The van der Waals surface area contributed by atoms with Gasteiger partial charge >= 0.3 is 0 Å². The lowest BCUT2D eigenvalue weighted by Crippen LogP contribution is -2.05. The third-order valence-corrected chi connectivity index (χ3v) is 4.68. The number of nitrogens with zero attached hydrogens (tertiary/aromatic N) is 4. The van der Waals surface area contributed by atoms with Crippen LogP contribution in [0.1, 0.15) is 16.2 Å². The van der Waals surface area contributed by atoms with Crippen molar-refractivity contribution in [2.45, 2.75) is 12.1 Å². The fourth-order valence-electron chi connectivity index (χ4n) is 2.58. The molecule has 2 aromatic heterocycles. The summed E-state index contributed by atoms with van der Waals surface area (Å²) in [7, 11) is 0. The molecule has 4 rings (SSSR count). The van der Waals surface area contributed by atoms with E-state index < -0.39 is 0 Å². The van der Waals surface area contributed by atoms with Gasteiger partial charge in [0.05, 0.1) is 11.3 Å². The van der Waals surface area contributed by atoms with Gasteiger partial charge in [0, 0.05) is 10.9 Å². The number of carbonyl (C=O) groups excluding carboxylic acids is 1. The molecule has 2 heterocycles. The fraction of sp³-hybridized carbons (Fsp3) is 0.111. The molecule has 25 heavy (non-hydrogen) atoms. The standard InChI is InChI=1S/C18H13FN4OS/c1-11-20-17-14-4-2-3-5-15(14)21-18(23(17)22-11)25-10-16(24)12-6-8-13(19)9-7-12/h2-9H,10H2,1H3. The number of rotatable bonds is 4. The summed E-state index contributed by atoms with van der Waals surface area (Å²) < 4.78 is 14.6. The quantitative estimate of drug-likeness (QED) is 0.318. The van der Waals surface area contributed by atoms with E-state index in [2.05, 4.69) is 15.1 Å². The van der Waals surface area contributed by atoms with E-state index in [0.717, 1.165) is 16.6 Å². The lowest BCUT2D eigenvalue weighted by atomic mass is 10.1. The predicted molar refractivity (Wildman–Crippen MR) is 94.5 cm³/mol. The summed E-state index contributed by atoms with van der Waals surface area (Å²) in [6, 6.07) is 13.2. The van der Waals surface area contributed by atoms with E-state index in [1.165, 1.54) is 36.0 Å². The number of para-hydroxylation sites is 1. The minimum atomic E-state index is -0.361. The summed E-state index contributed by atoms with van der Waals surface area (Å²) in [6.07, 6.45) is 0. The van der Waals surface area contributed by atoms with E-state index in [9.17, 15) is 9.18 Å². The number of benzene rings is 2. The molecule has 0 amide bonds. The molecule has 7 heteroatoms. The molecule has 0 bridgehead atoms. The predicted octanol–water partition coefficient (Wildman–Crippen LogP) is 3.70. The van der Waals surface area contributed by atoms with E-state index in [1.807, 2.05) is 31.2 Å². The maximum absolute atomic E-state index is 13.0. The molecule has 0 N–H and O–H groups in total. The number of fused-ring (bicyclic) bond motifs is 3. The van der Waals surface area contributed by atoms with Gasteiger partial charge in [0.2, 0.25) is 0 Å². The van der Waals surface area contributed by atoms with Crippen molar-refractivity contribution in [2.75, 3.05) is 5.75 Å². The van der Waals surface area contributed by atoms with Gasteiger partial charge in [-0.25, -0.2) is 14.4 Å². The van der Waals surface area contributed by atoms with Crippen molar-refractivity contribution < 1.29 is 9.18 Å². The molecule has 0 spiro atoms. The number of thioether (sulfide) groups is 1. The van der Waals surface area contributed by atoms with Gasteiger partial charge < -0.3 is 0 Å². The number of halogens is 1. The highest BCUT2D eigenvalue weighted by Gasteiger charge is 2.14. The van der Waals surface area contributed by atoms with Gasteiger partial charge in [0.25, 0.3) is 0 Å². The second-order valence-corrected chi connectivity index (χ2v) is 6.47. The van der Waals surface area contributed by atoms with Crippen LogP contribution in [-0.2, 0) is 0 Å². The van der Waals surface area contributed by atoms with Crippen LogP contribution in [0.25, 0.3) is 16.6 Å². The van der Waals surface area contributed by atoms with Crippen molar-refractivity contribution in [3.8, 4) is 0 Å². The van der Waals surface area contributed by atoms with E-state index in [4.69, 9.17) is 0 Å². The Morgan fingerprint density at radius 2 is 1.88 bits per heavy atom. The van der Waals surface area contributed by atoms with Crippen LogP contribution in [0.5, 0.6) is 0 Å². The van der Waals surface area contributed by atoms with E-state index in [0.29, 0.717) is 16.5 Å². The normalized spacial score (nSPS) is 11.3. The number of hydrogen-bond donors (Lipinski definition) is 0. The average Bonchev–Trinajstić information content (AvgIpc) is 3.02. The Morgan fingerprint density at radius 1 is 1.12 bits per heavy atom. The largest absolute Gasteiger partial charge is 0.293 e. The van der Waals surface area contributed by atoms with E-state index in [-0.39, 0.29) is 17.4 Å². The number of carbonyl (C=O) groups is 1. The monoisotopic (exact) mass is 352 g/mol. The summed E-state index contributed by atoms with van der Waals surface area (Å²) in [5, 5.41) is 5.90. The molecule has 0 fully saturated rings. The molecule has 0 saturated heterocycles. The topological polar surface area (TPSA) is 60.2 Å².